The van der Waals surface area contributed by atoms with Crippen LogP contribution < -0.4 is 9.29 Å². The highest BCUT2D eigenvalue weighted by Crippen LogP contribution is 2.22. The Morgan fingerprint density at radius 1 is 0.970 bits per heavy atom. The Morgan fingerprint density at radius 3 is 2.39 bits per heavy atom. The monoisotopic (exact) mass is 482 g/mol. The van der Waals surface area contributed by atoms with E-state index in [9.17, 15) is 18.0 Å². The average molecular weight is 483 g/mol. The van der Waals surface area contributed by atoms with E-state index < -0.39 is 21.9 Å². The van der Waals surface area contributed by atoms with Gasteiger partial charge in [0.05, 0.1) is 24.1 Å². The minimum atomic E-state index is -3.91. The molecule has 0 aliphatic rings. The van der Waals surface area contributed by atoms with Gasteiger partial charge < -0.3 is 10.1 Å². The first kappa shape index (κ1) is 22.6. The number of nitrogens with zero attached hydrogens (tertiary/aromatic N) is 1. The van der Waals surface area contributed by atoms with Crippen LogP contribution in [0.3, 0.4) is 0 Å². The summed E-state index contributed by atoms with van der Waals surface area (Å²) in [5, 5.41) is 2.97. The van der Waals surface area contributed by atoms with Crippen LogP contribution in [0.25, 0.3) is 11.0 Å². The van der Waals surface area contributed by atoms with Gasteiger partial charge in [-0.25, -0.2) is 9.78 Å². The van der Waals surface area contributed by atoms with Gasteiger partial charge in [0.1, 0.15) is 4.90 Å². The number of esters is 1. The fourth-order valence-electron chi connectivity index (χ4n) is 3.26. The molecule has 1 amide bonds. The van der Waals surface area contributed by atoms with Gasteiger partial charge in [0, 0.05) is 0 Å². The maximum atomic E-state index is 13.4. The number of amides is 1. The minimum absolute atomic E-state index is 0.0906. The van der Waals surface area contributed by atoms with Crippen LogP contribution in [0.15, 0.2) is 88.9 Å². The number of fused-ring (bicyclic) bond motifs is 1. The fraction of sp³-hybridized carbons (Fsp3) is 0.0870. The molecule has 1 heterocycles. The lowest BCUT2D eigenvalue weighted by atomic mass is 10.2. The second-order valence-electron chi connectivity index (χ2n) is 6.90. The first-order chi connectivity index (χ1) is 15.9. The van der Waals surface area contributed by atoms with E-state index >= 15 is 0 Å². The van der Waals surface area contributed by atoms with E-state index in [1.165, 1.54) is 23.2 Å². The summed E-state index contributed by atoms with van der Waals surface area (Å²) in [6.07, 6.45) is 0. The second-order valence-corrected chi connectivity index (χ2v) is 9.65. The van der Waals surface area contributed by atoms with Gasteiger partial charge in [0.15, 0.2) is 11.0 Å². The smallest absolute Gasteiger partial charge is 0.339 e. The topological polar surface area (TPSA) is 109 Å². The molecule has 0 saturated heterocycles. The molecule has 0 bridgehead atoms. The maximum Gasteiger partial charge on any atom is 0.339 e. The van der Waals surface area contributed by atoms with Crippen molar-refractivity contribution < 1.29 is 26.7 Å². The van der Waals surface area contributed by atoms with Crippen LogP contribution in [0.4, 0.5) is 5.69 Å². The zero-order valence-corrected chi connectivity index (χ0v) is 19.2. The zero-order valence-electron chi connectivity index (χ0n) is 17.5. The second kappa shape index (κ2) is 9.47. The molecule has 10 heteroatoms. The molecule has 8 nitrogen and oxygen atoms in total. The fourth-order valence-corrected chi connectivity index (χ4v) is 5.85. The van der Waals surface area contributed by atoms with Gasteiger partial charge in [-0.1, -0.05) is 42.5 Å². The number of H-pyrrole nitrogens is 1. The van der Waals surface area contributed by atoms with Crippen molar-refractivity contribution in [1.29, 1.82) is 0 Å². The molecule has 33 heavy (non-hydrogen) atoms. The summed E-state index contributed by atoms with van der Waals surface area (Å²) < 4.78 is 32.7. The number of para-hydroxylation sites is 3. The molecule has 1 aromatic heterocycles. The summed E-state index contributed by atoms with van der Waals surface area (Å²) >= 11 is 1.04. The molecule has 0 fully saturated rings. The summed E-state index contributed by atoms with van der Waals surface area (Å²) in [5.41, 5.74) is 1.64. The van der Waals surface area contributed by atoms with E-state index in [-0.39, 0.29) is 21.4 Å². The number of aromatic amines is 1. The molecular formula is C23H20N3O5S2+. The predicted octanol–water partition coefficient (Wildman–Crippen LogP) is 3.21. The standard InChI is InChI=1S/C23H19N3O5S2/c1-31-22(28)17-11-5-6-12-18(17)24-21(27)15-32-23-25-19-13-7-8-14-20(19)26(23)33(29,30)16-9-3-2-4-10-16/h2-14H,15H2,1H3,(H,24,27,28)/p+1. The van der Waals surface area contributed by atoms with E-state index in [4.69, 9.17) is 4.74 Å². The van der Waals surface area contributed by atoms with Gasteiger partial charge in [0.25, 0.3) is 0 Å². The van der Waals surface area contributed by atoms with E-state index in [0.717, 1.165) is 11.8 Å². The lowest BCUT2D eigenvalue weighted by molar-refractivity contribution is -0.526. The number of anilines is 1. The number of imidazole rings is 1. The highest BCUT2D eigenvalue weighted by atomic mass is 32.2. The Morgan fingerprint density at radius 2 is 1.64 bits per heavy atom. The van der Waals surface area contributed by atoms with Crippen molar-refractivity contribution in [2.75, 3.05) is 18.2 Å². The predicted molar refractivity (Wildman–Crippen MR) is 125 cm³/mol. The summed E-state index contributed by atoms with van der Waals surface area (Å²) in [7, 11) is -2.65. The number of ether oxygens (including phenoxy) is 1. The first-order valence-corrected chi connectivity index (χ1v) is 12.3. The van der Waals surface area contributed by atoms with Crippen LogP contribution in [-0.4, -0.2) is 38.1 Å². The summed E-state index contributed by atoms with van der Waals surface area (Å²) in [6.45, 7) is 0. The van der Waals surface area contributed by atoms with Gasteiger partial charge in [-0.3, -0.25) is 4.79 Å². The van der Waals surface area contributed by atoms with E-state index in [0.29, 0.717) is 16.7 Å². The van der Waals surface area contributed by atoms with Crippen molar-refractivity contribution in [1.82, 2.24) is 4.98 Å². The third-order valence-electron chi connectivity index (χ3n) is 4.78. The quantitative estimate of drug-likeness (QED) is 0.238. The molecule has 2 N–H and O–H groups in total. The van der Waals surface area contributed by atoms with Crippen LogP contribution >= 0.6 is 11.8 Å². The lowest BCUT2D eigenvalue weighted by Crippen LogP contribution is -2.44. The molecule has 0 aliphatic carbocycles. The molecule has 4 rings (SSSR count). The molecule has 0 atom stereocenters. The van der Waals surface area contributed by atoms with Crippen LogP contribution in [0, 0.1) is 0 Å². The van der Waals surface area contributed by atoms with Gasteiger partial charge >= 0.3 is 21.1 Å². The Labute approximate surface area is 194 Å². The number of benzene rings is 3. The maximum absolute atomic E-state index is 13.4. The number of nitrogens with one attached hydrogen (secondary N) is 2. The number of carbonyl (C=O) groups excluding carboxylic acids is 2. The van der Waals surface area contributed by atoms with E-state index in [1.54, 1.807) is 66.7 Å². The molecule has 0 saturated carbocycles. The average Bonchev–Trinajstić information content (AvgIpc) is 3.22. The number of carbonyl (C=O) groups is 2. The van der Waals surface area contributed by atoms with Crippen molar-refractivity contribution >= 4 is 50.4 Å². The molecule has 0 spiro atoms. The van der Waals surface area contributed by atoms with E-state index in [2.05, 4.69) is 10.3 Å². The molecule has 0 unspecified atom stereocenters. The SMILES string of the molecule is COC(=O)c1ccccc1NC(=O)CSc1[nH]c2ccccc2[n+]1S(=O)(=O)c1ccccc1. The van der Waals surface area contributed by atoms with Crippen LogP contribution in [0.5, 0.6) is 0 Å². The Balaban J connectivity index is 1.62. The van der Waals surface area contributed by atoms with Gasteiger partial charge in [-0.05, 0) is 48.2 Å². The first-order valence-electron chi connectivity index (χ1n) is 9.85. The Hall–Kier alpha value is -3.63. The number of hydrogen-bond donors (Lipinski definition) is 2. The summed E-state index contributed by atoms with van der Waals surface area (Å²) in [5.74, 6) is -1.06. The normalized spacial score (nSPS) is 11.3. The van der Waals surface area contributed by atoms with Crippen LogP contribution in [-0.2, 0) is 19.6 Å². The molecule has 3 aromatic carbocycles. The van der Waals surface area contributed by atoms with Gasteiger partial charge in [0.2, 0.25) is 5.91 Å². The van der Waals surface area contributed by atoms with Crippen molar-refractivity contribution in [2.24, 2.45) is 0 Å². The Kier molecular flexibility index (Phi) is 6.47. The number of aromatic nitrogens is 2. The number of thioether (sulfide) groups is 1. The van der Waals surface area contributed by atoms with Gasteiger partial charge in [-0.2, -0.15) is 8.42 Å². The highest BCUT2D eigenvalue weighted by molar-refractivity contribution is 8.00. The number of rotatable bonds is 7. The van der Waals surface area contributed by atoms with E-state index in [1.807, 2.05) is 0 Å². The van der Waals surface area contributed by atoms with Crippen molar-refractivity contribution in [3.8, 4) is 0 Å². The molecular weight excluding hydrogens is 462 g/mol. The molecule has 0 radical (unpaired) electrons. The molecule has 0 aliphatic heterocycles. The van der Waals surface area contributed by atoms with Gasteiger partial charge in [-0.15, -0.1) is 3.97 Å². The third kappa shape index (κ3) is 4.62. The van der Waals surface area contributed by atoms with Crippen molar-refractivity contribution in [2.45, 2.75) is 10.1 Å². The van der Waals surface area contributed by atoms with Crippen molar-refractivity contribution in [3.63, 3.8) is 0 Å². The minimum Gasteiger partial charge on any atom is -0.465 e. The third-order valence-corrected chi connectivity index (χ3v) is 7.58. The molecule has 168 valence electrons. The summed E-state index contributed by atoms with van der Waals surface area (Å²) in [6, 6.07) is 21.6. The van der Waals surface area contributed by atoms with Crippen LogP contribution in [0.2, 0.25) is 0 Å². The highest BCUT2D eigenvalue weighted by Gasteiger charge is 2.32. The summed E-state index contributed by atoms with van der Waals surface area (Å²) in [4.78, 5) is 27.8. The Bertz CT molecular complexity index is 1430. The lowest BCUT2D eigenvalue weighted by Gasteiger charge is -2.09. The molecule has 4 aromatic rings. The van der Waals surface area contributed by atoms with Crippen molar-refractivity contribution in [3.05, 3.63) is 84.4 Å². The number of hydrogen-bond acceptors (Lipinski definition) is 6. The zero-order chi connectivity index (χ0) is 23.4. The number of methoxy groups -OCH3 is 1. The van der Waals surface area contributed by atoms with Crippen LogP contribution in [0.1, 0.15) is 10.4 Å². The largest absolute Gasteiger partial charge is 0.465 e.